The number of hydrogen-bond acceptors (Lipinski definition) is 2. The van der Waals surface area contributed by atoms with Crippen molar-refractivity contribution in [1.29, 1.82) is 5.26 Å². The molecule has 0 aliphatic carbocycles. The third kappa shape index (κ3) is 2.96. The fourth-order valence-electron chi connectivity index (χ4n) is 3.64. The summed E-state index contributed by atoms with van der Waals surface area (Å²) in [4.78, 5) is 18.0. The monoisotopic (exact) mass is 309 g/mol. The van der Waals surface area contributed by atoms with Crippen molar-refractivity contribution in [3.8, 4) is 6.07 Å². The van der Waals surface area contributed by atoms with Gasteiger partial charge in [0.25, 0.3) is 0 Å². The first kappa shape index (κ1) is 15.6. The minimum absolute atomic E-state index is 0.0127. The lowest BCUT2D eigenvalue weighted by atomic mass is 9.98. The zero-order chi connectivity index (χ0) is 16.6. The average Bonchev–Trinajstić information content (AvgIpc) is 2.84. The Labute approximate surface area is 137 Å². The van der Waals surface area contributed by atoms with Gasteiger partial charge in [-0.2, -0.15) is 5.26 Å². The Kier molecular flexibility index (Phi) is 4.12. The van der Waals surface area contributed by atoms with Crippen molar-refractivity contribution < 1.29 is 4.79 Å². The standard InChI is InChI=1S/C19H23N3O/c1-12-7-13(2)19-17(8-12)16(14(3)21-19)9-18(23)22-6-4-5-15(10-20)11-22/h7-8,15,21H,4-6,9,11H2,1-3H3. The molecular formula is C19H23N3O. The van der Waals surface area contributed by atoms with E-state index in [1.165, 1.54) is 11.1 Å². The van der Waals surface area contributed by atoms with E-state index in [1.54, 1.807) is 0 Å². The van der Waals surface area contributed by atoms with E-state index in [0.717, 1.165) is 41.5 Å². The largest absolute Gasteiger partial charge is 0.358 e. The Bertz CT molecular complexity index is 797. The molecule has 1 N–H and O–H groups in total. The van der Waals surface area contributed by atoms with E-state index in [-0.39, 0.29) is 11.8 Å². The predicted molar refractivity (Wildman–Crippen MR) is 91.1 cm³/mol. The van der Waals surface area contributed by atoms with E-state index in [0.29, 0.717) is 13.0 Å². The number of nitriles is 1. The fraction of sp³-hybridized carbons (Fsp3) is 0.474. The molecule has 1 aromatic carbocycles. The molecule has 120 valence electrons. The van der Waals surface area contributed by atoms with Gasteiger partial charge in [0.15, 0.2) is 0 Å². The van der Waals surface area contributed by atoms with Crippen LogP contribution in [0.1, 0.15) is 35.2 Å². The highest BCUT2D eigenvalue weighted by molar-refractivity contribution is 5.92. The van der Waals surface area contributed by atoms with Gasteiger partial charge in [0.05, 0.1) is 18.4 Å². The van der Waals surface area contributed by atoms with Crippen molar-refractivity contribution in [1.82, 2.24) is 9.88 Å². The molecular weight excluding hydrogens is 286 g/mol. The number of aromatic amines is 1. The molecule has 4 heteroatoms. The van der Waals surface area contributed by atoms with Crippen LogP contribution in [0.3, 0.4) is 0 Å². The van der Waals surface area contributed by atoms with Crippen molar-refractivity contribution in [3.63, 3.8) is 0 Å². The van der Waals surface area contributed by atoms with Crippen LogP contribution >= 0.6 is 0 Å². The second-order valence-electron chi connectivity index (χ2n) is 6.72. The van der Waals surface area contributed by atoms with Crippen molar-refractivity contribution >= 4 is 16.8 Å². The maximum atomic E-state index is 12.7. The Morgan fingerprint density at radius 3 is 2.91 bits per heavy atom. The molecule has 2 aromatic rings. The second-order valence-corrected chi connectivity index (χ2v) is 6.72. The molecule has 4 nitrogen and oxygen atoms in total. The van der Waals surface area contributed by atoms with Crippen molar-refractivity contribution in [2.45, 2.75) is 40.0 Å². The minimum Gasteiger partial charge on any atom is -0.358 e. The van der Waals surface area contributed by atoms with Gasteiger partial charge in [-0.1, -0.05) is 11.6 Å². The molecule has 0 spiro atoms. The molecule has 1 atom stereocenters. The zero-order valence-corrected chi connectivity index (χ0v) is 14.1. The van der Waals surface area contributed by atoms with E-state index in [2.05, 4.69) is 37.0 Å². The third-order valence-corrected chi connectivity index (χ3v) is 4.85. The molecule has 1 saturated heterocycles. The van der Waals surface area contributed by atoms with Crippen LogP contribution in [0.5, 0.6) is 0 Å². The topological polar surface area (TPSA) is 59.9 Å². The quantitative estimate of drug-likeness (QED) is 0.924. The van der Waals surface area contributed by atoms with E-state index >= 15 is 0 Å². The van der Waals surface area contributed by atoms with Crippen LogP contribution in [0, 0.1) is 38.0 Å². The van der Waals surface area contributed by atoms with Gasteiger partial charge in [0.1, 0.15) is 0 Å². The Morgan fingerprint density at radius 1 is 1.39 bits per heavy atom. The maximum Gasteiger partial charge on any atom is 0.227 e. The highest BCUT2D eigenvalue weighted by Gasteiger charge is 2.24. The molecule has 1 aliphatic rings. The van der Waals surface area contributed by atoms with E-state index in [9.17, 15) is 4.79 Å². The molecule has 2 heterocycles. The number of aryl methyl sites for hydroxylation is 3. The number of fused-ring (bicyclic) bond motifs is 1. The van der Waals surface area contributed by atoms with Gasteiger partial charge in [-0.3, -0.25) is 4.79 Å². The molecule has 1 unspecified atom stereocenters. The first-order chi connectivity index (χ1) is 11.0. The lowest BCUT2D eigenvalue weighted by Crippen LogP contribution is -2.40. The van der Waals surface area contributed by atoms with Gasteiger partial charge in [-0.05, 0) is 50.8 Å². The van der Waals surface area contributed by atoms with Gasteiger partial charge in [0.2, 0.25) is 5.91 Å². The summed E-state index contributed by atoms with van der Waals surface area (Å²) in [5.74, 6) is 0.120. The van der Waals surface area contributed by atoms with Gasteiger partial charge in [-0.25, -0.2) is 0 Å². The Morgan fingerprint density at radius 2 is 2.17 bits per heavy atom. The molecule has 3 rings (SSSR count). The summed E-state index contributed by atoms with van der Waals surface area (Å²) in [6, 6.07) is 6.62. The maximum absolute atomic E-state index is 12.7. The number of carbonyl (C=O) groups is 1. The minimum atomic E-state index is -0.0127. The second kappa shape index (κ2) is 6.08. The average molecular weight is 309 g/mol. The Hall–Kier alpha value is -2.28. The molecule has 0 bridgehead atoms. The van der Waals surface area contributed by atoms with Gasteiger partial charge in [0, 0.05) is 29.7 Å². The van der Waals surface area contributed by atoms with E-state index in [1.807, 2.05) is 11.8 Å². The number of aromatic nitrogens is 1. The van der Waals surface area contributed by atoms with E-state index < -0.39 is 0 Å². The molecule has 1 aliphatic heterocycles. The van der Waals surface area contributed by atoms with Gasteiger partial charge in [-0.15, -0.1) is 0 Å². The van der Waals surface area contributed by atoms with Crippen LogP contribution in [-0.2, 0) is 11.2 Å². The highest BCUT2D eigenvalue weighted by atomic mass is 16.2. The van der Waals surface area contributed by atoms with Crippen LogP contribution < -0.4 is 0 Å². The number of benzene rings is 1. The summed E-state index contributed by atoms with van der Waals surface area (Å²) in [5.41, 5.74) is 5.71. The normalized spacial score (nSPS) is 18.2. The van der Waals surface area contributed by atoms with Gasteiger partial charge < -0.3 is 9.88 Å². The van der Waals surface area contributed by atoms with Crippen molar-refractivity contribution in [2.75, 3.05) is 13.1 Å². The summed E-state index contributed by atoms with van der Waals surface area (Å²) < 4.78 is 0. The summed E-state index contributed by atoms with van der Waals surface area (Å²) in [6.07, 6.45) is 2.24. The van der Waals surface area contributed by atoms with Crippen molar-refractivity contribution in [3.05, 3.63) is 34.5 Å². The molecule has 1 fully saturated rings. The van der Waals surface area contributed by atoms with E-state index in [4.69, 9.17) is 5.26 Å². The number of piperidine rings is 1. The van der Waals surface area contributed by atoms with Crippen LogP contribution in [0.25, 0.3) is 10.9 Å². The molecule has 23 heavy (non-hydrogen) atoms. The third-order valence-electron chi connectivity index (χ3n) is 4.85. The van der Waals surface area contributed by atoms with Crippen LogP contribution in [0.15, 0.2) is 12.1 Å². The zero-order valence-electron chi connectivity index (χ0n) is 14.1. The van der Waals surface area contributed by atoms with Crippen LogP contribution in [0.4, 0.5) is 0 Å². The Balaban J connectivity index is 1.88. The lowest BCUT2D eigenvalue weighted by molar-refractivity contribution is -0.131. The summed E-state index contributed by atoms with van der Waals surface area (Å²) in [5, 5.41) is 10.3. The number of nitrogens with one attached hydrogen (secondary N) is 1. The first-order valence-electron chi connectivity index (χ1n) is 8.25. The number of amides is 1. The highest BCUT2D eigenvalue weighted by Crippen LogP contribution is 2.27. The van der Waals surface area contributed by atoms with Crippen LogP contribution in [-0.4, -0.2) is 28.9 Å². The molecule has 1 aromatic heterocycles. The predicted octanol–water partition coefficient (Wildman–Crippen LogP) is 3.40. The molecule has 0 saturated carbocycles. The fourth-order valence-corrected chi connectivity index (χ4v) is 3.64. The van der Waals surface area contributed by atoms with Crippen LogP contribution in [0.2, 0.25) is 0 Å². The SMILES string of the molecule is Cc1cc(C)c2[nH]c(C)c(CC(=O)N3CCCC(C#N)C3)c2c1. The number of hydrogen-bond donors (Lipinski definition) is 1. The molecule has 0 radical (unpaired) electrons. The summed E-state index contributed by atoms with van der Waals surface area (Å²) in [6.45, 7) is 7.57. The number of rotatable bonds is 2. The lowest BCUT2D eigenvalue weighted by Gasteiger charge is -2.29. The summed E-state index contributed by atoms with van der Waals surface area (Å²) in [7, 11) is 0. The smallest absolute Gasteiger partial charge is 0.227 e. The van der Waals surface area contributed by atoms with Gasteiger partial charge >= 0.3 is 0 Å². The molecule has 1 amide bonds. The summed E-state index contributed by atoms with van der Waals surface area (Å²) >= 11 is 0. The number of carbonyl (C=O) groups excluding carboxylic acids is 1. The number of likely N-dealkylation sites (tertiary alicyclic amines) is 1. The number of nitrogens with zero attached hydrogens (tertiary/aromatic N) is 2. The first-order valence-corrected chi connectivity index (χ1v) is 8.25. The van der Waals surface area contributed by atoms with Crippen molar-refractivity contribution in [2.24, 2.45) is 5.92 Å². The number of H-pyrrole nitrogens is 1.